The van der Waals surface area contributed by atoms with E-state index in [1.54, 1.807) is 30.2 Å². The number of aliphatic imine (C=N–C) groups is 1. The Balaban J connectivity index is 1.78. The Kier molecular flexibility index (Phi) is 6.95. The highest BCUT2D eigenvalue weighted by atomic mass is 32.2. The molecule has 2 amide bonds. The molecule has 1 atom stereocenters. The van der Waals surface area contributed by atoms with E-state index in [2.05, 4.69) is 11.9 Å². The van der Waals surface area contributed by atoms with Crippen molar-refractivity contribution in [3.8, 4) is 5.75 Å². The fourth-order valence-electron chi connectivity index (χ4n) is 3.08. The summed E-state index contributed by atoms with van der Waals surface area (Å²) in [6.45, 7) is 8.07. The normalized spacial score (nSPS) is 17.3. The monoisotopic (exact) mass is 423 g/mol. The first-order valence-corrected chi connectivity index (χ1v) is 10.5. The third-order valence-corrected chi connectivity index (χ3v) is 5.84. The summed E-state index contributed by atoms with van der Waals surface area (Å²) in [6.07, 6.45) is 1.70. The zero-order chi connectivity index (χ0) is 21.7. The van der Waals surface area contributed by atoms with Crippen molar-refractivity contribution in [1.29, 1.82) is 0 Å². The van der Waals surface area contributed by atoms with E-state index >= 15 is 0 Å². The molecular formula is C23H25N3O3S. The number of carbonyl (C=O) groups excluding carboxylic acids is 2. The minimum absolute atomic E-state index is 0.0427. The van der Waals surface area contributed by atoms with Gasteiger partial charge < -0.3 is 10.1 Å². The molecule has 0 aliphatic carbocycles. The fourth-order valence-corrected chi connectivity index (χ4v) is 4.24. The fraction of sp³-hybridized carbons (Fsp3) is 0.261. The molecule has 1 heterocycles. The van der Waals surface area contributed by atoms with Crippen molar-refractivity contribution in [2.45, 2.75) is 25.5 Å². The van der Waals surface area contributed by atoms with Crippen molar-refractivity contribution in [2.24, 2.45) is 4.99 Å². The molecule has 1 aliphatic heterocycles. The van der Waals surface area contributed by atoms with Crippen LogP contribution in [0.25, 0.3) is 0 Å². The first kappa shape index (κ1) is 21.6. The Morgan fingerprint density at radius 3 is 2.80 bits per heavy atom. The number of nitrogens with zero attached hydrogens (tertiary/aromatic N) is 2. The van der Waals surface area contributed by atoms with Crippen molar-refractivity contribution in [2.75, 3.05) is 19.0 Å². The predicted octanol–water partition coefficient (Wildman–Crippen LogP) is 4.46. The molecule has 1 aliphatic rings. The van der Waals surface area contributed by atoms with Crippen molar-refractivity contribution in [1.82, 2.24) is 4.90 Å². The van der Waals surface area contributed by atoms with E-state index in [0.717, 1.165) is 16.8 Å². The minimum Gasteiger partial charge on any atom is -0.495 e. The van der Waals surface area contributed by atoms with Gasteiger partial charge in [-0.2, -0.15) is 0 Å². The summed E-state index contributed by atoms with van der Waals surface area (Å²) in [7, 11) is 1.55. The molecule has 3 rings (SSSR count). The van der Waals surface area contributed by atoms with Crippen LogP contribution in [0.1, 0.15) is 17.5 Å². The molecule has 0 bridgehead atoms. The summed E-state index contributed by atoms with van der Waals surface area (Å²) in [5.74, 6) is 0.178. The van der Waals surface area contributed by atoms with E-state index < -0.39 is 5.25 Å². The third-order valence-electron chi connectivity index (χ3n) is 4.66. The highest BCUT2D eigenvalue weighted by Gasteiger charge is 2.38. The minimum atomic E-state index is -0.538. The number of aryl methyl sites for hydroxylation is 2. The van der Waals surface area contributed by atoms with Gasteiger partial charge in [-0.05, 0) is 43.2 Å². The molecule has 1 saturated heterocycles. The molecule has 2 aromatic carbocycles. The maximum Gasteiger partial charge on any atom is 0.242 e. The maximum absolute atomic E-state index is 12.9. The van der Waals surface area contributed by atoms with Crippen LogP contribution < -0.4 is 10.1 Å². The summed E-state index contributed by atoms with van der Waals surface area (Å²) >= 11 is 1.31. The third kappa shape index (κ3) is 4.91. The smallest absolute Gasteiger partial charge is 0.242 e. The number of benzene rings is 2. The van der Waals surface area contributed by atoms with Gasteiger partial charge in [0.25, 0.3) is 0 Å². The average molecular weight is 424 g/mol. The molecule has 0 radical (unpaired) electrons. The number of carbonyl (C=O) groups is 2. The first-order chi connectivity index (χ1) is 14.4. The summed E-state index contributed by atoms with van der Waals surface area (Å²) < 4.78 is 5.27. The lowest BCUT2D eigenvalue weighted by atomic mass is 10.1. The number of ether oxygens (including phenoxy) is 1. The van der Waals surface area contributed by atoms with Crippen LogP contribution in [0.15, 0.2) is 60.1 Å². The van der Waals surface area contributed by atoms with Crippen LogP contribution in [0.4, 0.5) is 11.4 Å². The number of anilines is 1. The van der Waals surface area contributed by atoms with Crippen LogP contribution in [0, 0.1) is 13.8 Å². The van der Waals surface area contributed by atoms with Crippen molar-refractivity contribution < 1.29 is 14.3 Å². The number of hydrogen-bond acceptors (Lipinski definition) is 5. The van der Waals surface area contributed by atoms with E-state index in [0.29, 0.717) is 23.1 Å². The Labute approximate surface area is 181 Å². The Morgan fingerprint density at radius 1 is 1.30 bits per heavy atom. The molecule has 156 valence electrons. The highest BCUT2D eigenvalue weighted by molar-refractivity contribution is 8.15. The standard InChI is InChI=1S/C23H25N3O3S/c1-5-12-26-22(28)20(14-21(27)24-17-8-6-7-9-19(17)29-4)30-23(26)25-18-13-15(2)10-11-16(18)3/h5-11,13,20H,1,12,14H2,2-4H3,(H,24,27). The molecule has 1 unspecified atom stereocenters. The average Bonchev–Trinajstić information content (AvgIpc) is 3.00. The first-order valence-electron chi connectivity index (χ1n) is 9.60. The Morgan fingerprint density at radius 2 is 2.07 bits per heavy atom. The van der Waals surface area contributed by atoms with Gasteiger partial charge in [0.1, 0.15) is 11.0 Å². The van der Waals surface area contributed by atoms with Crippen LogP contribution in [0.2, 0.25) is 0 Å². The van der Waals surface area contributed by atoms with Gasteiger partial charge in [-0.25, -0.2) is 4.99 Å². The molecule has 0 spiro atoms. The van der Waals surface area contributed by atoms with Gasteiger partial charge in [-0.3, -0.25) is 14.5 Å². The van der Waals surface area contributed by atoms with Gasteiger partial charge >= 0.3 is 0 Å². The zero-order valence-corrected chi connectivity index (χ0v) is 18.2. The number of nitrogens with one attached hydrogen (secondary N) is 1. The van der Waals surface area contributed by atoms with E-state index in [4.69, 9.17) is 9.73 Å². The maximum atomic E-state index is 12.9. The number of amides is 2. The largest absolute Gasteiger partial charge is 0.495 e. The summed E-state index contributed by atoms with van der Waals surface area (Å²) in [5.41, 5.74) is 3.51. The van der Waals surface area contributed by atoms with Gasteiger partial charge in [-0.15, -0.1) is 6.58 Å². The van der Waals surface area contributed by atoms with Crippen LogP contribution in [0.5, 0.6) is 5.75 Å². The second-order valence-corrected chi connectivity index (χ2v) is 8.15. The zero-order valence-electron chi connectivity index (χ0n) is 17.3. The second-order valence-electron chi connectivity index (χ2n) is 6.98. The van der Waals surface area contributed by atoms with Crippen LogP contribution in [-0.4, -0.2) is 40.8 Å². The lowest BCUT2D eigenvalue weighted by Crippen LogP contribution is -2.33. The van der Waals surface area contributed by atoms with E-state index in [-0.39, 0.29) is 18.2 Å². The quantitative estimate of drug-likeness (QED) is 0.668. The van der Waals surface area contributed by atoms with Crippen molar-refractivity contribution >= 4 is 40.1 Å². The van der Waals surface area contributed by atoms with Gasteiger partial charge in [0.2, 0.25) is 11.8 Å². The molecule has 1 N–H and O–H groups in total. The summed E-state index contributed by atoms with van der Waals surface area (Å²) in [4.78, 5) is 31.8. The van der Waals surface area contributed by atoms with Gasteiger partial charge in [0.15, 0.2) is 5.17 Å². The number of rotatable bonds is 7. The number of methoxy groups -OCH3 is 1. The van der Waals surface area contributed by atoms with Crippen molar-refractivity contribution in [3.05, 3.63) is 66.2 Å². The van der Waals surface area contributed by atoms with E-state index in [1.807, 2.05) is 44.2 Å². The van der Waals surface area contributed by atoms with Crippen LogP contribution in [-0.2, 0) is 9.59 Å². The summed E-state index contributed by atoms with van der Waals surface area (Å²) in [5, 5.41) is 2.88. The molecular weight excluding hydrogens is 398 g/mol. The van der Waals surface area contributed by atoms with Gasteiger partial charge in [-0.1, -0.05) is 42.1 Å². The second kappa shape index (κ2) is 9.63. The molecule has 1 fully saturated rings. The number of amidine groups is 1. The Bertz CT molecular complexity index is 1000. The van der Waals surface area contributed by atoms with Crippen molar-refractivity contribution in [3.63, 3.8) is 0 Å². The van der Waals surface area contributed by atoms with E-state index in [1.165, 1.54) is 11.8 Å². The van der Waals surface area contributed by atoms with E-state index in [9.17, 15) is 9.59 Å². The summed E-state index contributed by atoms with van der Waals surface area (Å²) in [6, 6.07) is 13.2. The molecule has 0 aromatic heterocycles. The van der Waals surface area contributed by atoms with Gasteiger partial charge in [0, 0.05) is 13.0 Å². The molecule has 30 heavy (non-hydrogen) atoms. The Hall–Kier alpha value is -3.06. The highest BCUT2D eigenvalue weighted by Crippen LogP contribution is 2.33. The number of hydrogen-bond donors (Lipinski definition) is 1. The van der Waals surface area contributed by atoms with Gasteiger partial charge in [0.05, 0.1) is 18.5 Å². The molecule has 0 saturated carbocycles. The number of para-hydroxylation sites is 2. The molecule has 2 aromatic rings. The lowest BCUT2D eigenvalue weighted by molar-refractivity contribution is -0.127. The van der Waals surface area contributed by atoms with Crippen LogP contribution >= 0.6 is 11.8 Å². The lowest BCUT2D eigenvalue weighted by Gasteiger charge is -2.14. The SMILES string of the molecule is C=CCN1C(=O)C(CC(=O)Nc2ccccc2OC)SC1=Nc1cc(C)ccc1C. The number of thioether (sulfide) groups is 1. The predicted molar refractivity (Wildman–Crippen MR) is 123 cm³/mol. The van der Waals surface area contributed by atoms with Crippen LogP contribution in [0.3, 0.4) is 0 Å². The molecule has 7 heteroatoms. The topological polar surface area (TPSA) is 71.0 Å². The molecule has 6 nitrogen and oxygen atoms in total.